The number of aliphatic hydroxyl groups is 1. The summed E-state index contributed by atoms with van der Waals surface area (Å²) in [6.45, 7) is 9.67. The van der Waals surface area contributed by atoms with E-state index >= 15 is 0 Å². The maximum absolute atomic E-state index is 14.0. The van der Waals surface area contributed by atoms with Gasteiger partial charge in [-0.05, 0) is 38.5 Å². The van der Waals surface area contributed by atoms with Crippen molar-refractivity contribution in [1.29, 1.82) is 0 Å². The molecule has 8 amide bonds. The van der Waals surface area contributed by atoms with Gasteiger partial charge in [-0.3, -0.25) is 81.5 Å². The zero-order valence-corrected chi connectivity index (χ0v) is 66.5. The summed E-state index contributed by atoms with van der Waals surface area (Å²) >= 11 is 0. The van der Waals surface area contributed by atoms with Crippen LogP contribution in [0.1, 0.15) is 134 Å². The third kappa shape index (κ3) is 37.4. The summed E-state index contributed by atoms with van der Waals surface area (Å²) < 4.78 is 101. The van der Waals surface area contributed by atoms with Gasteiger partial charge in [-0.25, -0.2) is 0 Å². The van der Waals surface area contributed by atoms with Crippen molar-refractivity contribution in [2.24, 2.45) is 5.92 Å². The molecule has 1 aliphatic carbocycles. The van der Waals surface area contributed by atoms with Gasteiger partial charge in [0.1, 0.15) is 68.3 Å². The highest BCUT2D eigenvalue weighted by molar-refractivity contribution is 5.91. The van der Waals surface area contributed by atoms with Crippen molar-refractivity contribution < 1.29 is 172 Å². The largest absolute Gasteiger partial charge is 0.463 e. The van der Waals surface area contributed by atoms with Gasteiger partial charge in [0, 0.05) is 121 Å². The average molecular weight is 1650 g/mol. The van der Waals surface area contributed by atoms with Crippen LogP contribution in [0.3, 0.4) is 0 Å². The molecule has 9 N–H and O–H groups in total. The van der Waals surface area contributed by atoms with E-state index in [0.717, 1.165) is 69.2 Å². The quantitative estimate of drug-likeness (QED) is 0.0157. The molecule has 44 heteroatoms. The van der Waals surface area contributed by atoms with Gasteiger partial charge in [0.25, 0.3) is 0 Å². The topological polar surface area (TPSA) is 573 Å². The number of nitrogens with one attached hydrogen (secondary N) is 8. The van der Waals surface area contributed by atoms with Crippen molar-refractivity contribution in [3.8, 4) is 0 Å². The van der Waals surface area contributed by atoms with Gasteiger partial charge in [0.15, 0.2) is 55.5 Å². The van der Waals surface area contributed by atoms with Crippen LogP contribution in [0.4, 0.5) is 0 Å². The lowest BCUT2D eigenvalue weighted by atomic mass is 9.86. The normalized spacial score (nSPS) is 25.5. The van der Waals surface area contributed by atoms with E-state index in [2.05, 4.69) is 42.5 Å². The smallest absolute Gasteiger partial charge is 0.303 e. The van der Waals surface area contributed by atoms with Crippen LogP contribution in [0.2, 0.25) is 0 Å². The summed E-state index contributed by atoms with van der Waals surface area (Å²) in [5, 5.41) is 31.1. The van der Waals surface area contributed by atoms with Crippen molar-refractivity contribution in [2.75, 3.05) is 98.9 Å². The molecule has 0 radical (unpaired) electrons. The summed E-state index contributed by atoms with van der Waals surface area (Å²) in [4.78, 5) is 215. The molecule has 3 saturated heterocycles. The minimum Gasteiger partial charge on any atom is -0.463 e. The number of amides is 8. The van der Waals surface area contributed by atoms with E-state index in [-0.39, 0.29) is 98.4 Å². The number of rotatable bonds is 47. The monoisotopic (exact) mass is 1650 g/mol. The molecular weight excluding hydrogens is 1540 g/mol. The Morgan fingerprint density at radius 2 is 0.643 bits per heavy atom. The van der Waals surface area contributed by atoms with Crippen LogP contribution in [0.5, 0.6) is 0 Å². The van der Waals surface area contributed by atoms with Gasteiger partial charge in [0.2, 0.25) is 47.3 Å². The number of hydrogen-bond donors (Lipinski definition) is 9. The molecule has 3 aliphatic heterocycles. The van der Waals surface area contributed by atoms with Gasteiger partial charge < -0.3 is 133 Å². The van der Waals surface area contributed by atoms with E-state index in [1.54, 1.807) is 0 Å². The molecule has 17 unspecified atom stereocenters. The lowest BCUT2D eigenvalue weighted by Gasteiger charge is -2.44. The number of esters is 9. The summed E-state index contributed by atoms with van der Waals surface area (Å²) in [5.41, 5.74) is 0. The molecule has 0 aromatic heterocycles. The van der Waals surface area contributed by atoms with Crippen molar-refractivity contribution in [3.63, 3.8) is 0 Å². The Kier molecular flexibility index (Phi) is 43.9. The second-order valence-corrected chi connectivity index (χ2v) is 26.8. The number of carbonyl (C=O) groups is 17. The van der Waals surface area contributed by atoms with E-state index < -0.39 is 243 Å². The summed E-state index contributed by atoms with van der Waals surface area (Å²) in [5.74, 6) is -13.0. The van der Waals surface area contributed by atoms with Crippen molar-refractivity contribution >= 4 is 101 Å². The fourth-order valence-electron chi connectivity index (χ4n) is 12.3. The van der Waals surface area contributed by atoms with Gasteiger partial charge in [-0.15, -0.1) is 0 Å². The predicted octanol–water partition coefficient (Wildman–Crippen LogP) is -4.52. The van der Waals surface area contributed by atoms with Crippen LogP contribution < -0.4 is 42.5 Å². The predicted molar refractivity (Wildman–Crippen MR) is 382 cm³/mol. The van der Waals surface area contributed by atoms with Crippen LogP contribution in [-0.2, 0) is 167 Å². The fraction of sp³-hybridized carbons (Fsp3) is 0.761. The molecule has 0 bridgehead atoms. The number of carbonyl (C=O) groups excluding carboxylic acids is 17. The molecule has 4 aliphatic rings. The summed E-state index contributed by atoms with van der Waals surface area (Å²) in [6, 6.07) is -6.59. The molecule has 115 heavy (non-hydrogen) atoms. The van der Waals surface area contributed by atoms with Crippen molar-refractivity contribution in [3.05, 3.63) is 0 Å². The second kappa shape index (κ2) is 51.5. The van der Waals surface area contributed by atoms with Crippen molar-refractivity contribution in [1.82, 2.24) is 42.5 Å². The fourth-order valence-corrected chi connectivity index (χ4v) is 12.3. The number of ether oxygens (including phenoxy) is 18. The second-order valence-electron chi connectivity index (χ2n) is 26.8. The van der Waals surface area contributed by atoms with Crippen LogP contribution in [0.15, 0.2) is 0 Å². The van der Waals surface area contributed by atoms with Gasteiger partial charge >= 0.3 is 53.7 Å². The Balaban J connectivity index is 1.45. The average Bonchev–Trinajstić information content (AvgIpc) is 0.797. The highest BCUT2D eigenvalue weighted by atomic mass is 16.7. The lowest BCUT2D eigenvalue weighted by Crippen LogP contribution is -2.66. The molecule has 4 fully saturated rings. The molecule has 1 saturated carbocycles. The van der Waals surface area contributed by atoms with Crippen LogP contribution in [0.25, 0.3) is 0 Å². The first-order chi connectivity index (χ1) is 54.4. The SMILES string of the molecule is CC(=O)NC1C(OCCOCCNC(=O)CCC(NC(=O)CCC(NC(=O)C2CCC(O)CC2)C(=O)NCCOCCOC2OC(COC(C)=O)C(OC(C)=O)C(OC(C)=O)C2NC(C)=O)C(=O)NCCOCCOC2OC(COC(C)=O)C(OC(C)=O)C(OC(C)=O)C2NC(C)=O)OC(COC(C)=O)C(OC(C)=O)C1OC(C)=O. The van der Waals surface area contributed by atoms with Crippen molar-refractivity contribution in [2.45, 2.75) is 245 Å². The van der Waals surface area contributed by atoms with E-state index in [1.807, 2.05) is 0 Å². The Morgan fingerprint density at radius 3 is 0.948 bits per heavy atom. The number of hydrogen-bond acceptors (Lipinski definition) is 36. The molecule has 44 nitrogen and oxygen atoms in total. The van der Waals surface area contributed by atoms with Gasteiger partial charge in [0.05, 0.1) is 65.6 Å². The van der Waals surface area contributed by atoms with Crippen LogP contribution >= 0.6 is 0 Å². The first kappa shape index (κ1) is 98.0. The van der Waals surface area contributed by atoms with Crippen LogP contribution in [0, 0.1) is 5.92 Å². The molecule has 3 heterocycles. The molecule has 0 aromatic carbocycles. The number of aliphatic hydroxyl groups excluding tert-OH is 1. The van der Waals surface area contributed by atoms with E-state index in [0.29, 0.717) is 25.7 Å². The maximum Gasteiger partial charge on any atom is 0.303 e. The Labute approximate surface area is 662 Å². The maximum atomic E-state index is 14.0. The zero-order valence-electron chi connectivity index (χ0n) is 66.5. The first-order valence-electron chi connectivity index (χ1n) is 37.3. The molecule has 0 spiro atoms. The third-order valence-corrected chi connectivity index (χ3v) is 17.1. The molecule has 650 valence electrons. The Hall–Kier alpha value is -9.41. The standard InChI is InChI=1S/C71H110N8O36/c1-36(80)75-57-63(110-45(10)89)60(107-42(7)86)52(33-104-39(4)83)113-69(57)101-30-27-98-24-21-72-55(93)19-17-50(67(96)73-22-25-99-28-31-102-70-58(76-37(2)81)64(111-46(11)90)61(108-43(8)87)53(114-70)34-105-40(5)84)78-56(94)20-18-51(79-66(95)48-13-15-49(92)16-14-48)68(97)74-23-26-100-29-32-103-71-59(77-38(3)82)65(112-47(12)91)62(109-44(9)88)54(115-71)35-106-41(6)85/h48-54,57-65,69-71,92H,13-35H2,1-12H3,(H,72,93)(H,73,96)(H,74,97)(H,75,80)(H,76,81)(H,77,82)(H,78,94)(H,79,95). The highest BCUT2D eigenvalue weighted by Gasteiger charge is 2.54. The Morgan fingerprint density at radius 1 is 0.348 bits per heavy atom. The molecule has 4 rings (SSSR count). The van der Waals surface area contributed by atoms with E-state index in [1.165, 1.54) is 13.8 Å². The minimum absolute atomic E-state index is 0.101. The molecular formula is C71H110N8O36. The van der Waals surface area contributed by atoms with E-state index in [4.69, 9.17) is 85.3 Å². The first-order valence-corrected chi connectivity index (χ1v) is 37.3. The molecule has 17 atom stereocenters. The summed E-state index contributed by atoms with van der Waals surface area (Å²) in [7, 11) is 0. The van der Waals surface area contributed by atoms with Crippen LogP contribution in [-0.4, -0.2) is 315 Å². The van der Waals surface area contributed by atoms with E-state index in [9.17, 15) is 86.6 Å². The highest BCUT2D eigenvalue weighted by Crippen LogP contribution is 2.32. The minimum atomic E-state index is -1.43. The lowest BCUT2D eigenvalue weighted by molar-refractivity contribution is -0.279. The molecule has 0 aromatic rings. The third-order valence-electron chi connectivity index (χ3n) is 17.1. The zero-order chi connectivity index (χ0) is 85.4. The van der Waals surface area contributed by atoms with Gasteiger partial charge in [-0.1, -0.05) is 0 Å². The summed E-state index contributed by atoms with van der Waals surface area (Å²) in [6.07, 6.45) is -17.2. The Bertz CT molecular complexity index is 3270. The van der Waals surface area contributed by atoms with Gasteiger partial charge in [-0.2, -0.15) is 0 Å².